The van der Waals surface area contributed by atoms with E-state index in [9.17, 15) is 9.90 Å². The summed E-state index contributed by atoms with van der Waals surface area (Å²) in [5.74, 6) is 0.485. The molecule has 1 aromatic carbocycles. The van der Waals surface area contributed by atoms with Gasteiger partial charge in [-0.05, 0) is 31.7 Å². The van der Waals surface area contributed by atoms with Crippen molar-refractivity contribution >= 4 is 5.91 Å². The molecule has 2 saturated heterocycles. The fourth-order valence-electron chi connectivity index (χ4n) is 3.32. The van der Waals surface area contributed by atoms with Gasteiger partial charge in [0, 0.05) is 31.1 Å². The first-order chi connectivity index (χ1) is 10.0. The Balaban J connectivity index is 1.91. The number of carbonyl (C=O) groups is 1. The SMILES string of the molecule is Cc1ccc(O)cc1C(=O)N1C[C@H]2COC[C@@H]1CN(C)C2. The molecule has 2 aliphatic rings. The molecule has 0 aliphatic carbocycles. The van der Waals surface area contributed by atoms with Crippen LogP contribution in [0.4, 0.5) is 0 Å². The van der Waals surface area contributed by atoms with Gasteiger partial charge in [0.2, 0.25) is 0 Å². The number of phenols is 1. The van der Waals surface area contributed by atoms with Crippen LogP contribution in [-0.2, 0) is 4.74 Å². The molecule has 3 rings (SSSR count). The van der Waals surface area contributed by atoms with E-state index in [0.29, 0.717) is 24.7 Å². The van der Waals surface area contributed by atoms with E-state index in [1.54, 1.807) is 18.2 Å². The highest BCUT2D eigenvalue weighted by Gasteiger charge is 2.35. The molecule has 1 aromatic rings. The predicted molar refractivity (Wildman–Crippen MR) is 79.5 cm³/mol. The third kappa shape index (κ3) is 2.89. The lowest BCUT2D eigenvalue weighted by Gasteiger charge is -2.30. The molecule has 5 heteroatoms. The second-order valence-electron chi connectivity index (χ2n) is 6.24. The summed E-state index contributed by atoms with van der Waals surface area (Å²) in [5, 5.41) is 9.67. The monoisotopic (exact) mass is 290 g/mol. The largest absolute Gasteiger partial charge is 0.508 e. The quantitative estimate of drug-likeness (QED) is 0.841. The summed E-state index contributed by atoms with van der Waals surface area (Å²) >= 11 is 0. The van der Waals surface area contributed by atoms with Crippen LogP contribution in [0.1, 0.15) is 15.9 Å². The summed E-state index contributed by atoms with van der Waals surface area (Å²) < 4.78 is 5.71. The summed E-state index contributed by atoms with van der Waals surface area (Å²) in [6.45, 7) is 5.72. The normalized spacial score (nSPS) is 26.5. The molecular formula is C16H22N2O3. The lowest BCUT2D eigenvalue weighted by atomic mass is 10.1. The fraction of sp³-hybridized carbons (Fsp3) is 0.562. The number of carbonyl (C=O) groups excluding carboxylic acids is 1. The predicted octanol–water partition coefficient (Wildman–Crippen LogP) is 1.10. The minimum Gasteiger partial charge on any atom is -0.508 e. The van der Waals surface area contributed by atoms with Crippen molar-refractivity contribution in [2.24, 2.45) is 5.92 Å². The highest BCUT2D eigenvalue weighted by molar-refractivity contribution is 5.96. The van der Waals surface area contributed by atoms with Crippen LogP contribution in [-0.4, -0.2) is 66.8 Å². The van der Waals surface area contributed by atoms with Crippen molar-refractivity contribution in [2.45, 2.75) is 13.0 Å². The Kier molecular flexibility index (Phi) is 3.87. The van der Waals surface area contributed by atoms with Crippen LogP contribution < -0.4 is 0 Å². The van der Waals surface area contributed by atoms with Crippen LogP contribution >= 0.6 is 0 Å². The zero-order chi connectivity index (χ0) is 15.0. The number of amides is 1. The van der Waals surface area contributed by atoms with Gasteiger partial charge in [-0.15, -0.1) is 0 Å². The molecular weight excluding hydrogens is 268 g/mol. The van der Waals surface area contributed by atoms with Gasteiger partial charge in [0.15, 0.2) is 0 Å². The van der Waals surface area contributed by atoms with E-state index < -0.39 is 0 Å². The van der Waals surface area contributed by atoms with Crippen molar-refractivity contribution in [2.75, 3.05) is 39.9 Å². The molecule has 0 saturated carbocycles. The molecule has 0 unspecified atom stereocenters. The van der Waals surface area contributed by atoms with E-state index >= 15 is 0 Å². The van der Waals surface area contributed by atoms with E-state index in [1.807, 2.05) is 11.8 Å². The van der Waals surface area contributed by atoms with Crippen LogP contribution in [0.15, 0.2) is 18.2 Å². The zero-order valence-electron chi connectivity index (χ0n) is 12.6. The minimum atomic E-state index is -0.000741. The van der Waals surface area contributed by atoms with Crippen molar-refractivity contribution < 1.29 is 14.6 Å². The number of nitrogens with zero attached hydrogens (tertiary/aromatic N) is 2. The maximum atomic E-state index is 12.9. The van der Waals surface area contributed by atoms with Gasteiger partial charge in [0.1, 0.15) is 5.75 Å². The molecule has 1 N–H and O–H groups in total. The Hall–Kier alpha value is -1.59. The number of benzene rings is 1. The molecule has 2 atom stereocenters. The lowest BCUT2D eigenvalue weighted by Crippen LogP contribution is -2.46. The Bertz CT molecular complexity index is 546. The molecule has 0 aromatic heterocycles. The molecule has 114 valence electrons. The van der Waals surface area contributed by atoms with Crippen molar-refractivity contribution in [3.05, 3.63) is 29.3 Å². The van der Waals surface area contributed by atoms with Crippen molar-refractivity contribution in [3.8, 4) is 5.75 Å². The van der Waals surface area contributed by atoms with Gasteiger partial charge in [-0.25, -0.2) is 0 Å². The Morgan fingerprint density at radius 3 is 2.90 bits per heavy atom. The average Bonchev–Trinajstić information content (AvgIpc) is 2.71. The molecule has 5 nitrogen and oxygen atoms in total. The van der Waals surface area contributed by atoms with Gasteiger partial charge in [-0.3, -0.25) is 4.79 Å². The van der Waals surface area contributed by atoms with E-state index in [-0.39, 0.29) is 17.7 Å². The molecule has 2 bridgehead atoms. The lowest BCUT2D eigenvalue weighted by molar-refractivity contribution is 0.0483. The summed E-state index contributed by atoms with van der Waals surface area (Å²) in [6.07, 6.45) is 0. The van der Waals surface area contributed by atoms with E-state index in [2.05, 4.69) is 11.9 Å². The standard InChI is InChI=1S/C16H22N2O3/c1-11-3-4-14(19)5-15(11)16(20)18-7-12-6-17(2)8-13(18)10-21-9-12/h3-5,12-13,19H,6-10H2,1-2H3/t12-,13-/m0/s1. The smallest absolute Gasteiger partial charge is 0.254 e. The molecule has 2 aliphatic heterocycles. The number of likely N-dealkylation sites (N-methyl/N-ethyl adjacent to an activating group) is 1. The first-order valence-corrected chi connectivity index (χ1v) is 7.41. The van der Waals surface area contributed by atoms with Crippen molar-refractivity contribution in [1.29, 1.82) is 0 Å². The molecule has 21 heavy (non-hydrogen) atoms. The van der Waals surface area contributed by atoms with Crippen LogP contribution in [0.25, 0.3) is 0 Å². The Labute approximate surface area is 125 Å². The number of rotatable bonds is 1. The third-order valence-electron chi connectivity index (χ3n) is 4.36. The second-order valence-corrected chi connectivity index (χ2v) is 6.24. The van der Waals surface area contributed by atoms with E-state index in [1.165, 1.54) is 0 Å². The summed E-state index contributed by atoms with van der Waals surface area (Å²) in [6, 6.07) is 5.05. The van der Waals surface area contributed by atoms with Gasteiger partial charge in [0.25, 0.3) is 5.91 Å². The van der Waals surface area contributed by atoms with Gasteiger partial charge >= 0.3 is 0 Å². The summed E-state index contributed by atoms with van der Waals surface area (Å²) in [4.78, 5) is 17.1. The summed E-state index contributed by atoms with van der Waals surface area (Å²) in [5.41, 5.74) is 1.48. The van der Waals surface area contributed by atoms with Gasteiger partial charge in [-0.1, -0.05) is 6.07 Å². The van der Waals surface area contributed by atoms with E-state index in [0.717, 1.165) is 25.2 Å². The molecule has 2 fully saturated rings. The topological polar surface area (TPSA) is 53.0 Å². The van der Waals surface area contributed by atoms with Crippen LogP contribution in [0.5, 0.6) is 5.75 Å². The fourth-order valence-corrected chi connectivity index (χ4v) is 3.32. The second kappa shape index (κ2) is 5.66. The summed E-state index contributed by atoms with van der Waals surface area (Å²) in [7, 11) is 2.10. The maximum Gasteiger partial charge on any atom is 0.254 e. The molecule has 0 radical (unpaired) electrons. The highest BCUT2D eigenvalue weighted by atomic mass is 16.5. The van der Waals surface area contributed by atoms with Crippen LogP contribution in [0.2, 0.25) is 0 Å². The van der Waals surface area contributed by atoms with Gasteiger partial charge in [0.05, 0.1) is 19.3 Å². The molecule has 2 heterocycles. The van der Waals surface area contributed by atoms with Crippen LogP contribution in [0, 0.1) is 12.8 Å². The van der Waals surface area contributed by atoms with Crippen molar-refractivity contribution in [1.82, 2.24) is 9.80 Å². The Morgan fingerprint density at radius 2 is 2.10 bits per heavy atom. The third-order valence-corrected chi connectivity index (χ3v) is 4.36. The number of hydrogen-bond donors (Lipinski definition) is 1. The number of ether oxygens (including phenoxy) is 1. The number of fused-ring (bicyclic) bond motifs is 3. The molecule has 1 amide bonds. The van der Waals surface area contributed by atoms with Gasteiger partial charge in [-0.2, -0.15) is 0 Å². The number of aromatic hydroxyl groups is 1. The average molecular weight is 290 g/mol. The van der Waals surface area contributed by atoms with Gasteiger partial charge < -0.3 is 19.6 Å². The van der Waals surface area contributed by atoms with E-state index in [4.69, 9.17) is 4.74 Å². The van der Waals surface area contributed by atoms with Crippen molar-refractivity contribution in [3.63, 3.8) is 0 Å². The maximum absolute atomic E-state index is 12.9. The first kappa shape index (κ1) is 14.4. The number of aryl methyl sites for hydroxylation is 1. The first-order valence-electron chi connectivity index (χ1n) is 7.41. The molecule has 0 spiro atoms. The number of phenolic OH excluding ortho intramolecular Hbond substituents is 1. The minimum absolute atomic E-state index is 0.000741. The highest BCUT2D eigenvalue weighted by Crippen LogP contribution is 2.24. The zero-order valence-corrected chi connectivity index (χ0v) is 12.6. The Morgan fingerprint density at radius 1 is 1.29 bits per heavy atom. The number of hydrogen-bond acceptors (Lipinski definition) is 4. The van der Waals surface area contributed by atoms with Crippen LogP contribution in [0.3, 0.4) is 0 Å².